The third-order valence-corrected chi connectivity index (χ3v) is 12.6. The van der Waals surface area contributed by atoms with Crippen molar-refractivity contribution in [3.05, 3.63) is 83.0 Å². The Morgan fingerprint density at radius 3 is 2.31 bits per heavy atom. The van der Waals surface area contributed by atoms with Crippen LogP contribution in [-0.2, 0) is 27.7 Å². The number of ether oxygens (including phenoxy) is 1. The Labute approximate surface area is 310 Å². The lowest BCUT2D eigenvalue weighted by molar-refractivity contribution is -0.204. The van der Waals surface area contributed by atoms with Crippen molar-refractivity contribution in [2.24, 2.45) is 10.8 Å². The van der Waals surface area contributed by atoms with Crippen LogP contribution in [0.1, 0.15) is 96.3 Å². The van der Waals surface area contributed by atoms with Gasteiger partial charge in [0.15, 0.2) is 5.82 Å². The van der Waals surface area contributed by atoms with Crippen LogP contribution in [0.15, 0.2) is 53.4 Å². The minimum Gasteiger partial charge on any atom is -0.377 e. The molecule has 6 fully saturated rings. The van der Waals surface area contributed by atoms with Crippen LogP contribution in [0.25, 0.3) is 0 Å². The van der Waals surface area contributed by atoms with E-state index in [4.69, 9.17) is 19.3 Å². The first-order valence-electron chi connectivity index (χ1n) is 18.4. The molecule has 4 aliphatic heterocycles. The fraction of sp³-hybridized carbons (Fsp3) is 0.568. The fourth-order valence-electron chi connectivity index (χ4n) is 9.00. The van der Waals surface area contributed by atoms with Crippen LogP contribution in [0, 0.1) is 10.8 Å². The molecule has 7 heterocycles. The molecule has 3 aromatic heterocycles. The summed E-state index contributed by atoms with van der Waals surface area (Å²) in [5.41, 5.74) is -2.37. The Balaban J connectivity index is 0.939. The number of hydrogen-bond donors (Lipinski definition) is 0. The first-order valence-corrected chi connectivity index (χ1v) is 18.4. The summed E-state index contributed by atoms with van der Waals surface area (Å²) in [4.78, 5) is 34.6. The number of fused-ring (bicyclic) bond motifs is 3. The summed E-state index contributed by atoms with van der Waals surface area (Å²) >= 11 is 0. The number of carbonyl (C=O) groups excluding carboxylic acids is 2. The van der Waals surface area contributed by atoms with Crippen LogP contribution in [-0.4, -0.2) is 96.4 Å². The number of amides is 2. The van der Waals surface area contributed by atoms with Gasteiger partial charge in [-0.15, -0.1) is 0 Å². The van der Waals surface area contributed by atoms with Gasteiger partial charge in [-0.25, -0.2) is 0 Å². The average Bonchev–Trinajstić information content (AvgIpc) is 3.59. The Hall–Kier alpha value is -4.74. The lowest BCUT2D eigenvalue weighted by atomic mass is 9.69. The van der Waals surface area contributed by atoms with Crippen LogP contribution >= 0.6 is 0 Å². The molecule has 1 spiro atoms. The molecule has 2 amide bonds. The predicted molar refractivity (Wildman–Crippen MR) is 178 cm³/mol. The van der Waals surface area contributed by atoms with E-state index in [1.54, 1.807) is 9.58 Å². The minimum atomic E-state index is -4.65. The summed E-state index contributed by atoms with van der Waals surface area (Å²) in [7, 11) is 0. The molecule has 4 aromatic rings. The van der Waals surface area contributed by atoms with Crippen LogP contribution in [0.3, 0.4) is 0 Å². The van der Waals surface area contributed by atoms with E-state index in [9.17, 15) is 35.9 Å². The monoisotopic (exact) mass is 772 g/mol. The lowest BCUT2D eigenvalue weighted by Crippen LogP contribution is -2.64. The minimum absolute atomic E-state index is 0.0156. The zero-order valence-corrected chi connectivity index (χ0v) is 29.8. The largest absolute Gasteiger partial charge is 0.416 e. The van der Waals surface area contributed by atoms with E-state index in [1.807, 2.05) is 19.2 Å². The molecular weight excluding hydrogens is 734 g/mol. The van der Waals surface area contributed by atoms with Crippen molar-refractivity contribution in [2.45, 2.75) is 87.8 Å². The van der Waals surface area contributed by atoms with E-state index in [-0.39, 0.29) is 68.3 Å². The van der Waals surface area contributed by atoms with E-state index in [0.717, 1.165) is 43.5 Å². The van der Waals surface area contributed by atoms with Crippen LogP contribution in [0.5, 0.6) is 0 Å². The third-order valence-electron chi connectivity index (χ3n) is 12.6. The molecule has 4 saturated heterocycles. The molecule has 10 rings (SSSR count). The molecule has 6 aliphatic rings. The zero-order valence-electron chi connectivity index (χ0n) is 29.8. The highest BCUT2D eigenvalue weighted by molar-refractivity contribution is 5.94. The third kappa shape index (κ3) is 6.01. The second kappa shape index (κ2) is 12.4. The second-order valence-electron chi connectivity index (χ2n) is 16.1. The molecule has 292 valence electrons. The second-order valence-corrected chi connectivity index (χ2v) is 16.1. The van der Waals surface area contributed by atoms with Crippen molar-refractivity contribution in [1.29, 1.82) is 0 Å². The summed E-state index contributed by atoms with van der Waals surface area (Å²) in [6.07, 6.45) is -0.543. The predicted octanol–water partition coefficient (Wildman–Crippen LogP) is 5.76. The summed E-state index contributed by atoms with van der Waals surface area (Å²) < 4.78 is 95.7. The fourth-order valence-corrected chi connectivity index (χ4v) is 9.00. The van der Waals surface area contributed by atoms with Crippen LogP contribution in [0.2, 0.25) is 0 Å². The lowest BCUT2D eigenvalue weighted by Gasteiger charge is -2.51. The van der Waals surface area contributed by atoms with Gasteiger partial charge in [-0.05, 0) is 69.2 Å². The van der Waals surface area contributed by atoms with Crippen molar-refractivity contribution in [2.75, 3.05) is 32.8 Å². The maximum atomic E-state index is 13.9. The van der Waals surface area contributed by atoms with Gasteiger partial charge in [0.25, 0.3) is 11.8 Å². The molecule has 0 N–H and O–H groups in total. The van der Waals surface area contributed by atoms with E-state index >= 15 is 0 Å². The maximum Gasteiger partial charge on any atom is 0.416 e. The van der Waals surface area contributed by atoms with Gasteiger partial charge >= 0.3 is 12.4 Å². The van der Waals surface area contributed by atoms with Gasteiger partial charge in [0.2, 0.25) is 5.91 Å². The van der Waals surface area contributed by atoms with E-state index in [1.165, 1.54) is 34.1 Å². The number of aromatic nitrogens is 6. The highest BCUT2D eigenvalue weighted by Gasteiger charge is 2.71. The highest BCUT2D eigenvalue weighted by atomic mass is 19.4. The number of nitrogens with zero attached hydrogens (tertiary/aromatic N) is 8. The molecule has 55 heavy (non-hydrogen) atoms. The maximum absolute atomic E-state index is 13.9. The molecule has 0 radical (unpaired) electrons. The Bertz CT molecular complexity index is 2090. The van der Waals surface area contributed by atoms with Crippen molar-refractivity contribution >= 4 is 11.8 Å². The number of benzene rings is 1. The van der Waals surface area contributed by atoms with E-state index in [0.29, 0.717) is 18.3 Å². The van der Waals surface area contributed by atoms with Gasteiger partial charge in [0.05, 0.1) is 48.2 Å². The molecular formula is C37H38F6N8O4. The van der Waals surface area contributed by atoms with Gasteiger partial charge in [0.1, 0.15) is 11.5 Å². The molecule has 2 saturated carbocycles. The summed E-state index contributed by atoms with van der Waals surface area (Å²) in [5.74, 6) is -1.36. The quantitative estimate of drug-likeness (QED) is 0.207. The summed E-state index contributed by atoms with van der Waals surface area (Å²) in [6, 6.07) is 6.20. The molecule has 18 heteroatoms. The SMILES string of the molecule is CC(c1nc(C2CN(C(=O)c3cnn(Cc4ccc(C(F)(F)F)cc4)c3)CC23CN(C(=O)C2(C(F)(F)F)CC2)C3)no1)n1ccc(C23CCC(CC2)OC3)n1. The first-order chi connectivity index (χ1) is 26.1. The number of alkyl halides is 6. The smallest absolute Gasteiger partial charge is 0.377 e. The van der Waals surface area contributed by atoms with E-state index in [2.05, 4.69) is 10.3 Å². The Morgan fingerprint density at radius 1 is 0.964 bits per heavy atom. The summed E-state index contributed by atoms with van der Waals surface area (Å²) in [5, 5.41) is 13.4. The van der Waals surface area contributed by atoms with Crippen molar-refractivity contribution < 1.29 is 45.2 Å². The molecule has 12 nitrogen and oxygen atoms in total. The van der Waals surface area contributed by atoms with Gasteiger partial charge in [-0.2, -0.15) is 41.5 Å². The normalized spacial score (nSPS) is 26.0. The topological polar surface area (TPSA) is 124 Å². The number of hydrogen-bond acceptors (Lipinski definition) is 8. The number of carbonyl (C=O) groups is 2. The molecule has 2 aliphatic carbocycles. The van der Waals surface area contributed by atoms with Crippen LogP contribution < -0.4 is 0 Å². The van der Waals surface area contributed by atoms with Gasteiger partial charge in [0, 0.05) is 49.4 Å². The van der Waals surface area contributed by atoms with Gasteiger partial charge in [-0.1, -0.05) is 17.3 Å². The number of likely N-dealkylation sites (tertiary alicyclic amines) is 2. The van der Waals surface area contributed by atoms with Crippen molar-refractivity contribution in [1.82, 2.24) is 39.5 Å². The first kappa shape index (κ1) is 35.9. The van der Waals surface area contributed by atoms with E-state index < -0.39 is 52.5 Å². The summed E-state index contributed by atoms with van der Waals surface area (Å²) in [6.45, 7) is 2.83. The molecule has 1 aromatic carbocycles. The Morgan fingerprint density at radius 2 is 1.67 bits per heavy atom. The Kier molecular flexibility index (Phi) is 8.09. The van der Waals surface area contributed by atoms with Crippen LogP contribution in [0.4, 0.5) is 26.3 Å². The molecule has 2 bridgehead atoms. The number of halogens is 6. The van der Waals surface area contributed by atoms with Gasteiger partial charge < -0.3 is 19.1 Å². The zero-order chi connectivity index (χ0) is 38.5. The van der Waals surface area contributed by atoms with Crippen molar-refractivity contribution in [3.63, 3.8) is 0 Å². The molecule has 2 unspecified atom stereocenters. The number of rotatable bonds is 8. The van der Waals surface area contributed by atoms with Gasteiger partial charge in [-0.3, -0.25) is 19.0 Å². The average molecular weight is 773 g/mol. The molecule has 2 atom stereocenters. The van der Waals surface area contributed by atoms with Crippen molar-refractivity contribution in [3.8, 4) is 0 Å². The standard InChI is InChI=1S/C37H38F6N8O4/c1-22(51-13-8-28(46-51)33-9-6-26(7-10-33)54-21-33)30-45-29(47-55-30)27-17-48(18-34(27)19-49(20-34)32(53)35(11-12-35)37(41,42)43)31(52)24-14-44-50(16-24)15-23-2-4-25(5-3-23)36(38,39)40/h2-5,8,13-14,16,22,26-27H,6-7,9-12,15,17-21H2,1H3. The highest BCUT2D eigenvalue weighted by Crippen LogP contribution is 2.60.